The van der Waals surface area contributed by atoms with E-state index in [1.807, 2.05) is 24.3 Å². The molecular weight excluding hydrogens is 308 g/mol. The Labute approximate surface area is 144 Å². The van der Waals surface area contributed by atoms with Gasteiger partial charge in [-0.15, -0.1) is 0 Å². The van der Waals surface area contributed by atoms with Gasteiger partial charge in [0, 0.05) is 11.1 Å². The molecule has 0 unspecified atom stereocenters. The molecule has 2 heteroatoms. The van der Waals surface area contributed by atoms with Crippen LogP contribution in [0.4, 0.5) is 0 Å². The first-order valence-electron chi connectivity index (χ1n) is 8.55. The van der Waals surface area contributed by atoms with Gasteiger partial charge in [0.25, 0.3) is 0 Å². The minimum Gasteiger partial charge on any atom is -0.452 e. The summed E-state index contributed by atoms with van der Waals surface area (Å²) >= 11 is 0. The fourth-order valence-corrected chi connectivity index (χ4v) is 4.41. The molecule has 4 aromatic carbocycles. The second-order valence-electron chi connectivity index (χ2n) is 6.91. The minimum atomic E-state index is -0.316. The fourth-order valence-electron chi connectivity index (χ4n) is 4.41. The molecule has 0 fully saturated rings. The van der Waals surface area contributed by atoms with Crippen molar-refractivity contribution in [3.63, 3.8) is 0 Å². The molecule has 0 radical (unpaired) electrons. The van der Waals surface area contributed by atoms with Crippen molar-refractivity contribution >= 4 is 27.5 Å². The Balaban J connectivity index is 1.70. The molecule has 1 aliphatic carbocycles. The molecule has 25 heavy (non-hydrogen) atoms. The summed E-state index contributed by atoms with van der Waals surface area (Å²) in [6.07, 6.45) is -0.295. The van der Waals surface area contributed by atoms with Gasteiger partial charge < -0.3 is 4.74 Å². The predicted octanol–water partition coefficient (Wildman–Crippen LogP) is 5.08. The van der Waals surface area contributed by atoms with E-state index in [1.54, 1.807) is 0 Å². The van der Waals surface area contributed by atoms with Crippen molar-refractivity contribution < 1.29 is 9.53 Å². The molecule has 7 rings (SSSR count). The highest BCUT2D eigenvalue weighted by Crippen LogP contribution is 2.51. The number of carbonyl (C=O) groups is 1. The third kappa shape index (κ3) is 1.66. The van der Waals surface area contributed by atoms with E-state index >= 15 is 0 Å². The number of carbonyl (C=O) groups excluding carboxylic acids is 1. The van der Waals surface area contributed by atoms with Crippen molar-refractivity contribution in [2.75, 3.05) is 0 Å². The van der Waals surface area contributed by atoms with Crippen LogP contribution < -0.4 is 0 Å². The second-order valence-corrected chi connectivity index (χ2v) is 6.91. The van der Waals surface area contributed by atoms with Crippen LogP contribution in [0.15, 0.2) is 72.8 Å². The van der Waals surface area contributed by atoms with Gasteiger partial charge in [-0.05, 0) is 56.9 Å². The van der Waals surface area contributed by atoms with E-state index in [0.29, 0.717) is 0 Å². The average molecular weight is 322 g/mol. The van der Waals surface area contributed by atoms with E-state index in [1.165, 1.54) is 21.5 Å². The molecule has 0 saturated heterocycles. The molecule has 118 valence electrons. The van der Waals surface area contributed by atoms with E-state index in [4.69, 9.17) is 4.74 Å². The van der Waals surface area contributed by atoms with Crippen LogP contribution >= 0.6 is 0 Å². The minimum absolute atomic E-state index is 0.129. The quantitative estimate of drug-likeness (QED) is 0.422. The highest BCUT2D eigenvalue weighted by molar-refractivity contribution is 5.95. The van der Waals surface area contributed by atoms with E-state index < -0.39 is 0 Å². The summed E-state index contributed by atoms with van der Waals surface area (Å²) < 4.78 is 5.80. The Morgan fingerprint density at radius 2 is 1.00 bits per heavy atom. The normalized spacial score (nSPS) is 20.4. The molecule has 2 nitrogen and oxygen atoms in total. The van der Waals surface area contributed by atoms with Crippen LogP contribution in [-0.2, 0) is 9.53 Å². The van der Waals surface area contributed by atoms with Crippen LogP contribution in [0.2, 0.25) is 0 Å². The van der Waals surface area contributed by atoms with E-state index in [2.05, 4.69) is 48.5 Å². The first-order chi connectivity index (χ1) is 12.3. The lowest BCUT2D eigenvalue weighted by atomic mass is 9.73. The van der Waals surface area contributed by atoms with Gasteiger partial charge in [-0.25, -0.2) is 0 Å². The standard InChI is InChI=1S/C23H14O2/c24-23-21-17-9-13-5-1-3-7-15(13)11-19(17)22(25-23)20-12-16-8-4-2-6-14(16)10-18(20)21/h1-12,21-22H. The van der Waals surface area contributed by atoms with Crippen LogP contribution in [0.5, 0.6) is 0 Å². The molecule has 0 saturated carbocycles. The highest BCUT2D eigenvalue weighted by atomic mass is 16.5. The van der Waals surface area contributed by atoms with E-state index in [9.17, 15) is 4.79 Å². The summed E-state index contributed by atoms with van der Waals surface area (Å²) in [6, 6.07) is 25.3. The van der Waals surface area contributed by atoms with Gasteiger partial charge in [-0.3, -0.25) is 4.79 Å². The monoisotopic (exact) mass is 322 g/mol. The van der Waals surface area contributed by atoms with Crippen molar-refractivity contribution in [1.82, 2.24) is 0 Å². The number of rotatable bonds is 0. The van der Waals surface area contributed by atoms with Crippen LogP contribution in [0, 0.1) is 0 Å². The molecule has 2 bridgehead atoms. The zero-order valence-corrected chi connectivity index (χ0v) is 13.4. The summed E-state index contributed by atoms with van der Waals surface area (Å²) in [5.74, 6) is -0.445. The molecule has 0 N–H and O–H groups in total. The van der Waals surface area contributed by atoms with Gasteiger partial charge in [-0.2, -0.15) is 0 Å². The van der Waals surface area contributed by atoms with E-state index in [-0.39, 0.29) is 18.0 Å². The van der Waals surface area contributed by atoms with Crippen LogP contribution in [-0.4, -0.2) is 5.97 Å². The van der Waals surface area contributed by atoms with E-state index in [0.717, 1.165) is 22.3 Å². The van der Waals surface area contributed by atoms with Gasteiger partial charge in [0.15, 0.2) is 6.10 Å². The molecule has 4 aromatic rings. The van der Waals surface area contributed by atoms with Gasteiger partial charge in [0.2, 0.25) is 0 Å². The zero-order valence-electron chi connectivity index (χ0n) is 13.4. The summed E-state index contributed by atoms with van der Waals surface area (Å²) in [6.45, 7) is 0. The van der Waals surface area contributed by atoms with Gasteiger partial charge in [0.05, 0.1) is 0 Å². The topological polar surface area (TPSA) is 26.3 Å². The third-order valence-electron chi connectivity index (χ3n) is 5.56. The van der Waals surface area contributed by atoms with Crippen molar-refractivity contribution in [3.05, 3.63) is 95.1 Å². The Kier molecular flexibility index (Phi) is 2.37. The number of esters is 1. The lowest BCUT2D eigenvalue weighted by molar-refractivity contribution is -0.151. The van der Waals surface area contributed by atoms with Gasteiger partial charge in [-0.1, -0.05) is 48.5 Å². The number of hydrogen-bond acceptors (Lipinski definition) is 2. The number of hydrogen-bond donors (Lipinski definition) is 0. The van der Waals surface area contributed by atoms with Crippen LogP contribution in [0.1, 0.15) is 34.3 Å². The maximum atomic E-state index is 12.6. The summed E-state index contributed by atoms with van der Waals surface area (Å²) in [4.78, 5) is 12.6. The largest absolute Gasteiger partial charge is 0.452 e. The lowest BCUT2D eigenvalue weighted by Gasteiger charge is -2.39. The molecule has 0 amide bonds. The fraction of sp³-hybridized carbons (Fsp3) is 0.0870. The third-order valence-corrected chi connectivity index (χ3v) is 5.56. The molecule has 0 spiro atoms. The van der Waals surface area contributed by atoms with Crippen LogP contribution in [0.3, 0.4) is 0 Å². The van der Waals surface area contributed by atoms with Gasteiger partial charge >= 0.3 is 5.97 Å². The smallest absolute Gasteiger partial charge is 0.318 e. The Morgan fingerprint density at radius 3 is 1.44 bits per heavy atom. The molecule has 2 heterocycles. The molecular formula is C23H14O2. The predicted molar refractivity (Wildman–Crippen MR) is 97.7 cm³/mol. The SMILES string of the molecule is O=C1OC2c3cc4ccccc4cc3C1c1cc3ccccc3cc12. The first kappa shape index (κ1) is 13.2. The zero-order chi connectivity index (χ0) is 16.5. The van der Waals surface area contributed by atoms with Gasteiger partial charge in [0.1, 0.15) is 5.92 Å². The average Bonchev–Trinajstić information content (AvgIpc) is 2.65. The number of fused-ring (bicyclic) bond motifs is 3. The lowest BCUT2D eigenvalue weighted by Crippen LogP contribution is -2.34. The summed E-state index contributed by atoms with van der Waals surface area (Å²) in [5, 5.41) is 4.72. The van der Waals surface area contributed by atoms with Crippen molar-refractivity contribution in [2.45, 2.75) is 12.0 Å². The van der Waals surface area contributed by atoms with Crippen LogP contribution in [0.25, 0.3) is 21.5 Å². The van der Waals surface area contributed by atoms with Crippen molar-refractivity contribution in [2.24, 2.45) is 0 Å². The van der Waals surface area contributed by atoms with Crippen molar-refractivity contribution in [3.8, 4) is 0 Å². The maximum absolute atomic E-state index is 12.6. The molecule has 0 aromatic heterocycles. The maximum Gasteiger partial charge on any atom is 0.318 e. The highest BCUT2D eigenvalue weighted by Gasteiger charge is 2.44. The number of ether oxygens (including phenoxy) is 1. The molecule has 0 atom stereocenters. The summed E-state index contributed by atoms with van der Waals surface area (Å²) in [5.41, 5.74) is 4.46. The molecule has 3 aliphatic rings. The molecule has 2 aliphatic heterocycles. The Bertz CT molecular complexity index is 1120. The van der Waals surface area contributed by atoms with Crippen molar-refractivity contribution in [1.29, 1.82) is 0 Å². The Morgan fingerprint density at radius 1 is 0.600 bits per heavy atom. The number of benzene rings is 4. The first-order valence-corrected chi connectivity index (χ1v) is 8.55. The Hall–Kier alpha value is -3.13. The second kappa shape index (κ2) is 4.48. The summed E-state index contributed by atoms with van der Waals surface area (Å²) in [7, 11) is 0.